The second kappa shape index (κ2) is 9.22. The highest BCUT2D eigenvalue weighted by molar-refractivity contribution is 5.94. The molecule has 1 aromatic heterocycles. The van der Waals surface area contributed by atoms with Crippen LogP contribution in [0.5, 0.6) is 0 Å². The lowest BCUT2D eigenvalue weighted by molar-refractivity contribution is 0.0502. The normalized spacial score (nSPS) is 15.7. The Hall–Kier alpha value is -3.40. The summed E-state index contributed by atoms with van der Waals surface area (Å²) in [7, 11) is 0. The SMILES string of the molecule is C[C@@H](Nc1ccccc1C(=O)O)c1cc(F)cc2c(=O)n(C(F)F)c(C3CCOCC3)nc12. The summed E-state index contributed by atoms with van der Waals surface area (Å²) in [6, 6.07) is 7.60. The van der Waals surface area contributed by atoms with Crippen molar-refractivity contribution in [2.45, 2.75) is 38.3 Å². The zero-order valence-electron chi connectivity index (χ0n) is 17.7. The van der Waals surface area contributed by atoms with Crippen molar-refractivity contribution in [3.05, 3.63) is 69.5 Å². The molecule has 0 unspecified atom stereocenters. The van der Waals surface area contributed by atoms with Crippen molar-refractivity contribution < 1.29 is 27.8 Å². The Morgan fingerprint density at radius 1 is 1.24 bits per heavy atom. The van der Waals surface area contributed by atoms with E-state index in [-0.39, 0.29) is 27.9 Å². The predicted octanol–water partition coefficient (Wildman–Crippen LogP) is 4.70. The molecule has 1 atom stereocenters. The molecule has 174 valence electrons. The first-order valence-electron chi connectivity index (χ1n) is 10.5. The van der Waals surface area contributed by atoms with Crippen LogP contribution in [0.4, 0.5) is 18.9 Å². The van der Waals surface area contributed by atoms with Gasteiger partial charge in [-0.25, -0.2) is 18.7 Å². The minimum atomic E-state index is -3.13. The first-order valence-corrected chi connectivity index (χ1v) is 10.5. The third-order valence-electron chi connectivity index (χ3n) is 5.80. The van der Waals surface area contributed by atoms with Gasteiger partial charge >= 0.3 is 12.5 Å². The number of benzene rings is 2. The van der Waals surface area contributed by atoms with Crippen LogP contribution < -0.4 is 10.9 Å². The number of rotatable bonds is 6. The van der Waals surface area contributed by atoms with Gasteiger partial charge in [0.15, 0.2) is 0 Å². The molecule has 33 heavy (non-hydrogen) atoms. The third kappa shape index (κ3) is 4.43. The van der Waals surface area contributed by atoms with Crippen molar-refractivity contribution in [1.29, 1.82) is 0 Å². The number of ether oxygens (including phenoxy) is 1. The molecule has 4 rings (SSSR count). The second-order valence-electron chi connectivity index (χ2n) is 7.92. The van der Waals surface area contributed by atoms with E-state index in [1.165, 1.54) is 12.1 Å². The van der Waals surface area contributed by atoms with Gasteiger partial charge < -0.3 is 15.2 Å². The number of fused-ring (bicyclic) bond motifs is 1. The number of carboxylic acids is 1. The van der Waals surface area contributed by atoms with E-state index in [4.69, 9.17) is 4.74 Å². The Labute approximate surface area is 186 Å². The van der Waals surface area contributed by atoms with Gasteiger partial charge in [0, 0.05) is 30.4 Å². The summed E-state index contributed by atoms with van der Waals surface area (Å²) >= 11 is 0. The molecule has 10 heteroatoms. The zero-order valence-corrected chi connectivity index (χ0v) is 17.7. The quantitative estimate of drug-likeness (QED) is 0.553. The highest BCUT2D eigenvalue weighted by atomic mass is 19.3. The fourth-order valence-electron chi connectivity index (χ4n) is 4.18. The molecule has 0 aliphatic carbocycles. The number of carbonyl (C=O) groups is 1. The summed E-state index contributed by atoms with van der Waals surface area (Å²) in [6.45, 7) is -0.748. The van der Waals surface area contributed by atoms with Gasteiger partial charge in [0.2, 0.25) is 0 Å². The fourth-order valence-corrected chi connectivity index (χ4v) is 4.18. The van der Waals surface area contributed by atoms with E-state index in [1.807, 2.05) is 0 Å². The topological polar surface area (TPSA) is 93.5 Å². The van der Waals surface area contributed by atoms with Crippen molar-refractivity contribution in [3.63, 3.8) is 0 Å². The molecule has 7 nitrogen and oxygen atoms in total. The van der Waals surface area contributed by atoms with Crippen LogP contribution >= 0.6 is 0 Å². The van der Waals surface area contributed by atoms with Crippen LogP contribution in [0.2, 0.25) is 0 Å². The number of hydrogen-bond acceptors (Lipinski definition) is 5. The summed E-state index contributed by atoms with van der Waals surface area (Å²) in [5.41, 5.74) is -0.346. The molecule has 0 bridgehead atoms. The molecule has 2 heterocycles. The van der Waals surface area contributed by atoms with E-state index < -0.39 is 35.9 Å². The average Bonchev–Trinajstić information content (AvgIpc) is 2.79. The van der Waals surface area contributed by atoms with Gasteiger partial charge in [-0.1, -0.05) is 12.1 Å². The Balaban J connectivity index is 1.87. The number of anilines is 1. The lowest BCUT2D eigenvalue weighted by Crippen LogP contribution is -2.30. The van der Waals surface area contributed by atoms with Crippen LogP contribution in [0.15, 0.2) is 41.2 Å². The van der Waals surface area contributed by atoms with Crippen LogP contribution in [-0.2, 0) is 4.74 Å². The highest BCUT2D eigenvalue weighted by Crippen LogP contribution is 2.32. The van der Waals surface area contributed by atoms with Crippen molar-refractivity contribution in [3.8, 4) is 0 Å². The number of hydrogen-bond donors (Lipinski definition) is 2. The highest BCUT2D eigenvalue weighted by Gasteiger charge is 2.28. The Kier molecular flexibility index (Phi) is 6.37. The molecule has 0 saturated carbocycles. The van der Waals surface area contributed by atoms with Gasteiger partial charge in [-0.15, -0.1) is 0 Å². The lowest BCUT2D eigenvalue weighted by atomic mass is 9.97. The number of alkyl halides is 2. The molecule has 0 spiro atoms. The van der Waals surface area contributed by atoms with Crippen molar-refractivity contribution in [1.82, 2.24) is 9.55 Å². The molecular formula is C23H22F3N3O4. The molecule has 1 fully saturated rings. The van der Waals surface area contributed by atoms with Crippen LogP contribution in [0.1, 0.15) is 60.0 Å². The van der Waals surface area contributed by atoms with Gasteiger partial charge in [-0.2, -0.15) is 8.78 Å². The Bertz CT molecular complexity index is 1260. The molecule has 1 saturated heterocycles. The van der Waals surface area contributed by atoms with Crippen LogP contribution in [0.3, 0.4) is 0 Å². The minimum Gasteiger partial charge on any atom is -0.478 e. The van der Waals surface area contributed by atoms with Gasteiger partial charge in [0.05, 0.1) is 22.5 Å². The van der Waals surface area contributed by atoms with Crippen molar-refractivity contribution in [2.75, 3.05) is 18.5 Å². The maximum Gasteiger partial charge on any atom is 0.337 e. The Morgan fingerprint density at radius 3 is 2.61 bits per heavy atom. The summed E-state index contributed by atoms with van der Waals surface area (Å²) in [6.07, 6.45) is 0.863. The van der Waals surface area contributed by atoms with Crippen LogP contribution in [0, 0.1) is 5.82 Å². The van der Waals surface area contributed by atoms with Gasteiger partial charge in [0.1, 0.15) is 11.6 Å². The predicted molar refractivity (Wildman–Crippen MR) is 115 cm³/mol. The number of nitrogens with one attached hydrogen (secondary N) is 1. The number of halogens is 3. The molecule has 2 aromatic carbocycles. The zero-order chi connectivity index (χ0) is 23.7. The smallest absolute Gasteiger partial charge is 0.337 e. The molecule has 1 aliphatic rings. The Morgan fingerprint density at radius 2 is 1.94 bits per heavy atom. The molecule has 2 N–H and O–H groups in total. The summed E-state index contributed by atoms with van der Waals surface area (Å²) < 4.78 is 47.8. The minimum absolute atomic E-state index is 0.0148. The number of para-hydroxylation sites is 1. The standard InChI is InChI=1S/C23H22F3N3O4/c1-12(27-18-5-3-2-4-15(18)22(31)32)16-10-14(24)11-17-19(16)28-20(13-6-8-33-9-7-13)29(21(17)30)23(25)26/h2-5,10-13,23,27H,6-9H2,1H3,(H,31,32)/t12-/m1/s1. The van der Waals surface area contributed by atoms with Gasteiger partial charge in [-0.3, -0.25) is 4.79 Å². The maximum atomic E-state index is 14.5. The molecule has 1 aliphatic heterocycles. The third-order valence-corrected chi connectivity index (χ3v) is 5.80. The summed E-state index contributed by atoms with van der Waals surface area (Å²) in [5.74, 6) is -2.39. The van der Waals surface area contributed by atoms with Crippen molar-refractivity contribution in [2.24, 2.45) is 0 Å². The van der Waals surface area contributed by atoms with E-state index in [9.17, 15) is 27.9 Å². The van der Waals surface area contributed by atoms with Gasteiger partial charge in [0.25, 0.3) is 5.56 Å². The van der Waals surface area contributed by atoms with E-state index in [1.54, 1.807) is 25.1 Å². The summed E-state index contributed by atoms with van der Waals surface area (Å²) in [5, 5.41) is 12.2. The number of aromatic nitrogens is 2. The van der Waals surface area contributed by atoms with Crippen LogP contribution in [0.25, 0.3) is 10.9 Å². The molecular weight excluding hydrogens is 439 g/mol. The average molecular weight is 461 g/mol. The van der Waals surface area contributed by atoms with Gasteiger partial charge in [-0.05, 0) is 44.0 Å². The van der Waals surface area contributed by atoms with Crippen molar-refractivity contribution >= 4 is 22.6 Å². The second-order valence-corrected chi connectivity index (χ2v) is 7.92. The maximum absolute atomic E-state index is 14.5. The van der Waals surface area contributed by atoms with Crippen LogP contribution in [-0.4, -0.2) is 33.8 Å². The fraction of sp³-hybridized carbons (Fsp3) is 0.348. The summed E-state index contributed by atoms with van der Waals surface area (Å²) in [4.78, 5) is 29.0. The number of carboxylic acid groups (broad SMARTS) is 1. The first-order chi connectivity index (χ1) is 15.8. The van der Waals surface area contributed by atoms with E-state index in [2.05, 4.69) is 10.3 Å². The number of nitrogens with zero attached hydrogens (tertiary/aromatic N) is 2. The molecule has 3 aromatic rings. The number of aromatic carboxylic acids is 1. The largest absolute Gasteiger partial charge is 0.478 e. The van der Waals surface area contributed by atoms with E-state index in [0.717, 1.165) is 6.07 Å². The molecule has 0 radical (unpaired) electrons. The first kappa shape index (κ1) is 22.8. The monoisotopic (exact) mass is 461 g/mol. The molecule has 0 amide bonds. The van der Waals surface area contributed by atoms with E-state index >= 15 is 0 Å². The van der Waals surface area contributed by atoms with E-state index in [0.29, 0.717) is 36.3 Å². The lowest BCUT2D eigenvalue weighted by Gasteiger charge is -2.25.